The van der Waals surface area contributed by atoms with Crippen molar-refractivity contribution in [2.45, 2.75) is 4.90 Å². The number of nitrogens with one attached hydrogen (secondary N) is 2. The van der Waals surface area contributed by atoms with E-state index in [0.717, 1.165) is 0 Å². The first kappa shape index (κ1) is 14.2. The van der Waals surface area contributed by atoms with Crippen LogP contribution in [0.1, 0.15) is 0 Å². The van der Waals surface area contributed by atoms with Gasteiger partial charge < -0.3 is 21.2 Å². The van der Waals surface area contributed by atoms with Gasteiger partial charge in [0.05, 0.1) is 0 Å². The highest BCUT2D eigenvalue weighted by Gasteiger charge is 2.18. The number of fused-ring (bicyclic) bond motifs is 1. The Balaban J connectivity index is 2.19. The van der Waals surface area contributed by atoms with E-state index in [9.17, 15) is 13.2 Å². The molecule has 0 fully saturated rings. The summed E-state index contributed by atoms with van der Waals surface area (Å²) in [5.41, 5.74) is 11.5. The maximum atomic E-state index is 12.1. The Hall–Kier alpha value is -2.26. The number of aromatic amines is 1. The Morgan fingerprint density at radius 3 is 2.85 bits per heavy atom. The molecule has 0 saturated heterocycles. The Morgan fingerprint density at radius 2 is 2.15 bits per heavy atom. The lowest BCUT2D eigenvalue weighted by Crippen LogP contribution is -2.29. The molecule has 0 saturated carbocycles. The minimum atomic E-state index is -3.73. The fraction of sp³-hybridized carbons (Fsp3) is 0.182. The quantitative estimate of drug-likeness (QED) is 0.458. The van der Waals surface area contributed by atoms with E-state index < -0.39 is 16.1 Å². The molecular formula is C11H14N4O4S. The van der Waals surface area contributed by atoms with Crippen LogP contribution in [0.2, 0.25) is 0 Å². The van der Waals surface area contributed by atoms with E-state index in [4.69, 9.17) is 11.5 Å². The van der Waals surface area contributed by atoms with Crippen LogP contribution in [0.15, 0.2) is 29.3 Å². The molecule has 0 bridgehead atoms. The molecule has 2 rings (SSSR count). The molecule has 0 atom stereocenters. The summed E-state index contributed by atoms with van der Waals surface area (Å²) < 4.78 is 31.0. The minimum absolute atomic E-state index is 0.0692. The van der Waals surface area contributed by atoms with Crippen LogP contribution >= 0.6 is 0 Å². The van der Waals surface area contributed by atoms with Crippen LogP contribution in [0.25, 0.3) is 10.9 Å². The minimum Gasteiger partial charge on any atom is -0.448 e. The number of carbonyl (C=O) groups excluding carboxylic acids is 1. The van der Waals surface area contributed by atoms with Crippen LogP contribution in [0, 0.1) is 0 Å². The third-order valence-corrected chi connectivity index (χ3v) is 4.10. The predicted molar refractivity (Wildman–Crippen MR) is 73.4 cm³/mol. The van der Waals surface area contributed by atoms with Crippen molar-refractivity contribution in [1.29, 1.82) is 0 Å². The van der Waals surface area contributed by atoms with Gasteiger partial charge in [0.15, 0.2) is 0 Å². The van der Waals surface area contributed by atoms with Crippen LogP contribution in [0.3, 0.4) is 0 Å². The van der Waals surface area contributed by atoms with Gasteiger partial charge in [-0.1, -0.05) is 0 Å². The lowest BCUT2D eigenvalue weighted by Gasteiger charge is -2.06. The number of nitrogen functional groups attached to an aromatic ring is 1. The zero-order valence-corrected chi connectivity index (χ0v) is 11.2. The van der Waals surface area contributed by atoms with Crippen LogP contribution in [0.4, 0.5) is 10.5 Å². The molecule has 0 aliphatic carbocycles. The average molecular weight is 298 g/mol. The topological polar surface area (TPSA) is 140 Å². The number of amides is 1. The highest BCUT2D eigenvalue weighted by Crippen LogP contribution is 2.24. The molecule has 1 aromatic carbocycles. The predicted octanol–water partition coefficient (Wildman–Crippen LogP) is 0.124. The summed E-state index contributed by atoms with van der Waals surface area (Å²) in [5, 5.41) is 0.494. The van der Waals surface area contributed by atoms with Gasteiger partial charge in [-0.3, -0.25) is 0 Å². The number of anilines is 1. The van der Waals surface area contributed by atoms with Gasteiger partial charge in [-0.05, 0) is 18.2 Å². The van der Waals surface area contributed by atoms with Crippen LogP contribution in [0.5, 0.6) is 0 Å². The van der Waals surface area contributed by atoms with Crippen LogP contribution in [-0.2, 0) is 14.8 Å². The van der Waals surface area contributed by atoms with Crippen molar-refractivity contribution < 1.29 is 17.9 Å². The molecule has 0 radical (unpaired) electrons. The normalized spacial score (nSPS) is 11.6. The van der Waals surface area contributed by atoms with E-state index in [2.05, 4.69) is 14.4 Å². The summed E-state index contributed by atoms with van der Waals surface area (Å²) in [6, 6.07) is 4.93. The molecule has 108 valence electrons. The average Bonchev–Trinajstić information content (AvgIpc) is 2.78. The highest BCUT2D eigenvalue weighted by atomic mass is 32.2. The number of ether oxygens (including phenoxy) is 1. The molecule has 20 heavy (non-hydrogen) atoms. The Labute approximate surface area is 115 Å². The van der Waals surface area contributed by atoms with Crippen molar-refractivity contribution in [3.8, 4) is 0 Å². The summed E-state index contributed by atoms with van der Waals surface area (Å²) in [6.45, 7) is -0.209. The lowest BCUT2D eigenvalue weighted by atomic mass is 10.2. The monoisotopic (exact) mass is 298 g/mol. The first-order valence-corrected chi connectivity index (χ1v) is 7.17. The standard InChI is InChI=1S/C11H14N4O4S/c12-7-1-2-9-8(5-7)10(6-14-9)20(17,18)15-3-4-19-11(13)16/h1-2,5-6,14-15H,3-4,12H2,(H2,13,16). The third kappa shape index (κ3) is 3.00. The molecule has 0 aliphatic rings. The summed E-state index contributed by atoms with van der Waals surface area (Å²) in [5.74, 6) is 0. The first-order valence-electron chi connectivity index (χ1n) is 5.68. The van der Waals surface area contributed by atoms with Crippen molar-refractivity contribution in [1.82, 2.24) is 9.71 Å². The second kappa shape index (κ2) is 5.39. The number of hydrogen-bond donors (Lipinski definition) is 4. The van der Waals surface area contributed by atoms with E-state index in [1.807, 2.05) is 0 Å². The SMILES string of the molecule is NC(=O)OCCNS(=O)(=O)c1c[nH]c2ccc(N)cc12. The number of carbonyl (C=O) groups is 1. The van der Waals surface area contributed by atoms with Crippen molar-refractivity contribution in [2.75, 3.05) is 18.9 Å². The number of rotatable bonds is 5. The van der Waals surface area contributed by atoms with Gasteiger partial charge >= 0.3 is 6.09 Å². The van der Waals surface area contributed by atoms with Gasteiger partial charge in [-0.2, -0.15) is 0 Å². The maximum absolute atomic E-state index is 12.1. The van der Waals surface area contributed by atoms with Gasteiger partial charge in [0.2, 0.25) is 10.0 Å². The fourth-order valence-corrected chi connectivity index (χ4v) is 2.92. The van der Waals surface area contributed by atoms with Crippen molar-refractivity contribution >= 4 is 32.7 Å². The molecule has 0 spiro atoms. The molecule has 9 heteroatoms. The molecule has 1 amide bonds. The number of primary amides is 1. The smallest absolute Gasteiger partial charge is 0.404 e. The van der Waals surface area contributed by atoms with Crippen LogP contribution < -0.4 is 16.2 Å². The van der Waals surface area contributed by atoms with Gasteiger partial charge in [0.25, 0.3) is 0 Å². The van der Waals surface area contributed by atoms with E-state index in [1.54, 1.807) is 18.2 Å². The molecule has 0 aliphatic heterocycles. The number of aromatic nitrogens is 1. The van der Waals surface area contributed by atoms with Gasteiger partial charge in [0.1, 0.15) is 11.5 Å². The molecule has 1 heterocycles. The maximum Gasteiger partial charge on any atom is 0.404 e. The first-order chi connectivity index (χ1) is 9.40. The third-order valence-electron chi connectivity index (χ3n) is 2.60. The summed E-state index contributed by atoms with van der Waals surface area (Å²) in [4.78, 5) is 13.3. The van der Waals surface area contributed by atoms with E-state index in [-0.39, 0.29) is 18.0 Å². The van der Waals surface area contributed by atoms with Gasteiger partial charge in [0, 0.05) is 29.3 Å². The van der Waals surface area contributed by atoms with E-state index in [0.29, 0.717) is 16.6 Å². The van der Waals surface area contributed by atoms with Crippen LogP contribution in [-0.4, -0.2) is 32.6 Å². The highest BCUT2D eigenvalue weighted by molar-refractivity contribution is 7.89. The molecule has 0 unspecified atom stereocenters. The van der Waals surface area contributed by atoms with Crippen molar-refractivity contribution in [2.24, 2.45) is 5.73 Å². The molecular weight excluding hydrogens is 284 g/mol. The number of sulfonamides is 1. The van der Waals surface area contributed by atoms with Crippen molar-refractivity contribution in [3.05, 3.63) is 24.4 Å². The summed E-state index contributed by atoms with van der Waals surface area (Å²) >= 11 is 0. The molecule has 6 N–H and O–H groups in total. The number of hydrogen-bond acceptors (Lipinski definition) is 5. The zero-order chi connectivity index (χ0) is 14.8. The summed E-state index contributed by atoms with van der Waals surface area (Å²) in [6.07, 6.45) is 0.422. The number of H-pyrrole nitrogens is 1. The summed E-state index contributed by atoms with van der Waals surface area (Å²) in [7, 11) is -3.73. The Bertz CT molecular complexity index is 738. The second-order valence-corrected chi connectivity index (χ2v) is 5.76. The largest absolute Gasteiger partial charge is 0.448 e. The van der Waals surface area contributed by atoms with E-state index in [1.165, 1.54) is 6.20 Å². The number of nitrogens with two attached hydrogens (primary N) is 2. The molecule has 2 aromatic rings. The second-order valence-electron chi connectivity index (χ2n) is 4.02. The van der Waals surface area contributed by atoms with Gasteiger partial charge in [-0.15, -0.1) is 0 Å². The Morgan fingerprint density at radius 1 is 1.40 bits per heavy atom. The zero-order valence-electron chi connectivity index (χ0n) is 10.4. The lowest BCUT2D eigenvalue weighted by molar-refractivity contribution is 0.159. The number of benzene rings is 1. The van der Waals surface area contributed by atoms with Crippen molar-refractivity contribution in [3.63, 3.8) is 0 Å². The molecule has 1 aromatic heterocycles. The molecule has 8 nitrogen and oxygen atoms in total. The Kier molecular flexibility index (Phi) is 3.81. The fourth-order valence-electron chi connectivity index (χ4n) is 1.74. The van der Waals surface area contributed by atoms with E-state index >= 15 is 0 Å². The van der Waals surface area contributed by atoms with Gasteiger partial charge in [-0.25, -0.2) is 17.9 Å².